The van der Waals surface area contributed by atoms with Crippen LogP contribution >= 0.6 is 31.9 Å². The number of ether oxygens (including phenoxy) is 2. The SMILES string of the molecule is COc1cc(C(=O)Nc2ccc(Br)cc2F)cc(OC)c1Br. The summed E-state index contributed by atoms with van der Waals surface area (Å²) in [7, 11) is 2.96. The molecule has 0 atom stereocenters. The Morgan fingerprint density at radius 1 is 1.09 bits per heavy atom. The molecular weight excluding hydrogens is 421 g/mol. The van der Waals surface area contributed by atoms with Crippen LogP contribution in [0.4, 0.5) is 10.1 Å². The molecule has 116 valence electrons. The lowest BCUT2D eigenvalue weighted by Crippen LogP contribution is -2.13. The minimum Gasteiger partial charge on any atom is -0.495 e. The van der Waals surface area contributed by atoms with Gasteiger partial charge in [0.1, 0.15) is 21.8 Å². The molecule has 0 aliphatic carbocycles. The van der Waals surface area contributed by atoms with E-state index in [2.05, 4.69) is 37.2 Å². The van der Waals surface area contributed by atoms with Gasteiger partial charge in [-0.3, -0.25) is 4.79 Å². The van der Waals surface area contributed by atoms with E-state index >= 15 is 0 Å². The third-order valence-electron chi connectivity index (χ3n) is 2.89. The second kappa shape index (κ2) is 7.11. The number of hydrogen-bond donors (Lipinski definition) is 1. The molecule has 0 radical (unpaired) electrons. The van der Waals surface area contributed by atoms with Crippen molar-refractivity contribution >= 4 is 43.5 Å². The number of nitrogens with one attached hydrogen (secondary N) is 1. The monoisotopic (exact) mass is 431 g/mol. The van der Waals surface area contributed by atoms with Gasteiger partial charge < -0.3 is 14.8 Å². The van der Waals surface area contributed by atoms with Crippen molar-refractivity contribution in [1.29, 1.82) is 0 Å². The van der Waals surface area contributed by atoms with Crippen LogP contribution < -0.4 is 14.8 Å². The zero-order chi connectivity index (χ0) is 16.3. The lowest BCUT2D eigenvalue weighted by Gasteiger charge is -2.12. The molecule has 1 N–H and O–H groups in total. The molecule has 0 fully saturated rings. The molecule has 4 nitrogen and oxygen atoms in total. The van der Waals surface area contributed by atoms with Crippen LogP contribution in [0.3, 0.4) is 0 Å². The maximum Gasteiger partial charge on any atom is 0.256 e. The van der Waals surface area contributed by atoms with Gasteiger partial charge in [0, 0.05) is 10.0 Å². The van der Waals surface area contributed by atoms with Crippen molar-refractivity contribution in [2.24, 2.45) is 0 Å². The number of amides is 1. The average molecular weight is 433 g/mol. The Hall–Kier alpha value is -1.60. The Morgan fingerprint density at radius 3 is 2.18 bits per heavy atom. The van der Waals surface area contributed by atoms with Gasteiger partial charge in [-0.05, 0) is 46.3 Å². The summed E-state index contributed by atoms with van der Waals surface area (Å²) in [6.45, 7) is 0. The molecule has 0 bridgehead atoms. The summed E-state index contributed by atoms with van der Waals surface area (Å²) in [6.07, 6.45) is 0. The second-order valence-electron chi connectivity index (χ2n) is 4.27. The summed E-state index contributed by atoms with van der Waals surface area (Å²) in [5, 5.41) is 2.51. The Morgan fingerprint density at radius 2 is 1.68 bits per heavy atom. The molecule has 2 rings (SSSR count). The number of rotatable bonds is 4. The van der Waals surface area contributed by atoms with Crippen LogP contribution in [0.15, 0.2) is 39.3 Å². The van der Waals surface area contributed by atoms with E-state index in [1.165, 1.54) is 26.4 Å². The van der Waals surface area contributed by atoms with Crippen molar-refractivity contribution in [3.05, 3.63) is 50.7 Å². The Bertz CT molecular complexity index is 697. The fourth-order valence-electron chi connectivity index (χ4n) is 1.79. The molecule has 0 heterocycles. The zero-order valence-corrected chi connectivity index (χ0v) is 14.9. The number of hydrogen-bond acceptors (Lipinski definition) is 3. The molecule has 2 aromatic rings. The number of carbonyl (C=O) groups is 1. The van der Waals surface area contributed by atoms with Gasteiger partial charge in [0.2, 0.25) is 0 Å². The molecule has 22 heavy (non-hydrogen) atoms. The molecule has 0 unspecified atom stereocenters. The van der Waals surface area contributed by atoms with Crippen LogP contribution in [0, 0.1) is 5.82 Å². The van der Waals surface area contributed by atoms with Crippen LogP contribution in [-0.4, -0.2) is 20.1 Å². The van der Waals surface area contributed by atoms with E-state index in [-0.39, 0.29) is 5.69 Å². The molecule has 0 saturated heterocycles. The summed E-state index contributed by atoms with van der Waals surface area (Å²) in [6, 6.07) is 7.47. The highest BCUT2D eigenvalue weighted by atomic mass is 79.9. The molecule has 0 aliphatic rings. The lowest BCUT2D eigenvalue weighted by atomic mass is 10.1. The van der Waals surface area contributed by atoms with Crippen LogP contribution in [0.1, 0.15) is 10.4 Å². The highest BCUT2D eigenvalue weighted by Gasteiger charge is 2.16. The fourth-order valence-corrected chi connectivity index (χ4v) is 2.67. The molecular formula is C15H12Br2FNO3. The van der Waals surface area contributed by atoms with Crippen molar-refractivity contribution < 1.29 is 18.7 Å². The van der Waals surface area contributed by atoms with Gasteiger partial charge >= 0.3 is 0 Å². The lowest BCUT2D eigenvalue weighted by molar-refractivity contribution is 0.102. The van der Waals surface area contributed by atoms with Gasteiger partial charge in [-0.1, -0.05) is 15.9 Å². The Balaban J connectivity index is 2.33. The van der Waals surface area contributed by atoms with E-state index in [4.69, 9.17) is 9.47 Å². The molecule has 7 heteroatoms. The predicted molar refractivity (Wildman–Crippen MR) is 89.3 cm³/mol. The molecule has 0 aromatic heterocycles. The number of methoxy groups -OCH3 is 2. The first-order valence-corrected chi connectivity index (χ1v) is 7.72. The van der Waals surface area contributed by atoms with Crippen LogP contribution in [-0.2, 0) is 0 Å². The van der Waals surface area contributed by atoms with E-state index in [1.807, 2.05) is 0 Å². The minimum absolute atomic E-state index is 0.0917. The minimum atomic E-state index is -0.529. The number of benzene rings is 2. The summed E-state index contributed by atoms with van der Waals surface area (Å²) >= 11 is 6.49. The van der Waals surface area contributed by atoms with E-state index in [9.17, 15) is 9.18 Å². The van der Waals surface area contributed by atoms with Gasteiger partial charge in [0.25, 0.3) is 5.91 Å². The molecule has 0 saturated carbocycles. The Kier molecular flexibility index (Phi) is 5.42. The van der Waals surface area contributed by atoms with Crippen LogP contribution in [0.5, 0.6) is 11.5 Å². The highest BCUT2D eigenvalue weighted by Crippen LogP contribution is 2.35. The standard InChI is InChI=1S/C15H12Br2FNO3/c1-21-12-5-8(6-13(22-2)14(12)17)15(20)19-11-4-3-9(16)7-10(11)18/h3-7H,1-2H3,(H,19,20). The summed E-state index contributed by atoms with van der Waals surface area (Å²) in [5.74, 6) is -0.106. The summed E-state index contributed by atoms with van der Waals surface area (Å²) in [4.78, 5) is 12.3. The van der Waals surface area contributed by atoms with Crippen molar-refractivity contribution in [1.82, 2.24) is 0 Å². The van der Waals surface area contributed by atoms with Crippen molar-refractivity contribution in [2.75, 3.05) is 19.5 Å². The van der Waals surface area contributed by atoms with Crippen LogP contribution in [0.2, 0.25) is 0 Å². The maximum absolute atomic E-state index is 13.8. The van der Waals surface area contributed by atoms with E-state index in [0.29, 0.717) is 26.0 Å². The van der Waals surface area contributed by atoms with E-state index in [1.54, 1.807) is 18.2 Å². The molecule has 1 amide bonds. The highest BCUT2D eigenvalue weighted by molar-refractivity contribution is 9.11. The fraction of sp³-hybridized carbons (Fsp3) is 0.133. The largest absolute Gasteiger partial charge is 0.495 e. The van der Waals surface area contributed by atoms with Crippen molar-refractivity contribution in [3.63, 3.8) is 0 Å². The second-order valence-corrected chi connectivity index (χ2v) is 5.98. The average Bonchev–Trinajstić information content (AvgIpc) is 2.50. The van der Waals surface area contributed by atoms with E-state index in [0.717, 1.165) is 0 Å². The number of anilines is 1. The first-order chi connectivity index (χ1) is 10.5. The van der Waals surface area contributed by atoms with Crippen LogP contribution in [0.25, 0.3) is 0 Å². The third kappa shape index (κ3) is 3.59. The Labute approximate surface area is 143 Å². The zero-order valence-electron chi connectivity index (χ0n) is 11.7. The van der Waals surface area contributed by atoms with Crippen molar-refractivity contribution in [3.8, 4) is 11.5 Å². The van der Waals surface area contributed by atoms with Gasteiger partial charge in [-0.25, -0.2) is 4.39 Å². The van der Waals surface area contributed by atoms with Gasteiger partial charge in [0.05, 0.1) is 19.9 Å². The van der Waals surface area contributed by atoms with Crippen molar-refractivity contribution in [2.45, 2.75) is 0 Å². The summed E-state index contributed by atoms with van der Waals surface area (Å²) in [5.41, 5.74) is 0.383. The van der Waals surface area contributed by atoms with Gasteiger partial charge in [-0.15, -0.1) is 0 Å². The smallest absolute Gasteiger partial charge is 0.256 e. The van der Waals surface area contributed by atoms with E-state index < -0.39 is 11.7 Å². The first kappa shape index (κ1) is 16.8. The topological polar surface area (TPSA) is 47.6 Å². The van der Waals surface area contributed by atoms with Gasteiger partial charge in [0.15, 0.2) is 0 Å². The number of carbonyl (C=O) groups excluding carboxylic acids is 1. The third-order valence-corrected chi connectivity index (χ3v) is 4.16. The maximum atomic E-state index is 13.8. The first-order valence-electron chi connectivity index (χ1n) is 6.14. The normalized spacial score (nSPS) is 10.2. The quantitative estimate of drug-likeness (QED) is 0.766. The molecule has 0 aliphatic heterocycles. The predicted octanol–water partition coefficient (Wildman–Crippen LogP) is 4.62. The molecule has 0 spiro atoms. The summed E-state index contributed by atoms with van der Waals surface area (Å²) < 4.78 is 25.3. The molecule has 2 aromatic carbocycles. The number of halogens is 3. The van der Waals surface area contributed by atoms with Gasteiger partial charge in [-0.2, -0.15) is 0 Å².